The fraction of sp³-hybridized carbons (Fsp3) is 0.909. The highest BCUT2D eigenvalue weighted by molar-refractivity contribution is 7.99. The second kappa shape index (κ2) is 6.00. The van der Waals surface area contributed by atoms with Gasteiger partial charge >= 0.3 is 0 Å². The molecule has 1 saturated heterocycles. The summed E-state index contributed by atoms with van der Waals surface area (Å²) in [5.41, 5.74) is -0.440. The molecule has 1 heterocycles. The molecule has 88 valence electrons. The Morgan fingerprint density at radius 2 is 2.07 bits per heavy atom. The molecule has 0 aliphatic carbocycles. The van der Waals surface area contributed by atoms with Gasteiger partial charge in [0.15, 0.2) is 0 Å². The van der Waals surface area contributed by atoms with Gasteiger partial charge in [-0.25, -0.2) is 0 Å². The lowest BCUT2D eigenvalue weighted by Gasteiger charge is -2.25. The van der Waals surface area contributed by atoms with Crippen molar-refractivity contribution in [3.63, 3.8) is 0 Å². The molecule has 1 fully saturated rings. The molecule has 15 heavy (non-hydrogen) atoms. The molecule has 0 atom stereocenters. The van der Waals surface area contributed by atoms with Crippen LogP contribution in [0, 0.1) is 11.3 Å². The van der Waals surface area contributed by atoms with Gasteiger partial charge in [-0.3, -0.25) is 4.79 Å². The fourth-order valence-electron chi connectivity index (χ4n) is 1.49. The van der Waals surface area contributed by atoms with E-state index in [0.717, 1.165) is 6.54 Å². The molecule has 1 amide bonds. The third kappa shape index (κ3) is 4.23. The summed E-state index contributed by atoms with van der Waals surface area (Å²) in [4.78, 5) is 11.7. The van der Waals surface area contributed by atoms with E-state index in [4.69, 9.17) is 11.6 Å². The molecule has 0 bridgehead atoms. The summed E-state index contributed by atoms with van der Waals surface area (Å²) in [6.45, 7) is 4.58. The topological polar surface area (TPSA) is 29.1 Å². The second-order valence-electron chi connectivity index (χ2n) is 4.78. The van der Waals surface area contributed by atoms with Crippen LogP contribution in [0.15, 0.2) is 0 Å². The van der Waals surface area contributed by atoms with Crippen molar-refractivity contribution >= 4 is 29.3 Å². The normalized spacial score (nSPS) is 18.9. The lowest BCUT2D eigenvalue weighted by atomic mass is 9.94. The summed E-state index contributed by atoms with van der Waals surface area (Å²) >= 11 is 7.75. The summed E-state index contributed by atoms with van der Waals surface area (Å²) in [5, 5.41) is 3.01. The zero-order valence-corrected chi connectivity index (χ0v) is 11.1. The van der Waals surface area contributed by atoms with Gasteiger partial charge in [0.1, 0.15) is 0 Å². The van der Waals surface area contributed by atoms with Crippen LogP contribution in [0.1, 0.15) is 26.7 Å². The molecular weight excluding hydrogens is 230 g/mol. The molecule has 0 saturated carbocycles. The number of amides is 1. The summed E-state index contributed by atoms with van der Waals surface area (Å²) < 4.78 is 0. The van der Waals surface area contributed by atoms with E-state index in [-0.39, 0.29) is 5.91 Å². The smallest absolute Gasteiger partial charge is 0.226 e. The summed E-state index contributed by atoms with van der Waals surface area (Å²) in [6.07, 6.45) is 2.46. The maximum atomic E-state index is 11.7. The quantitative estimate of drug-likeness (QED) is 0.776. The molecule has 4 heteroatoms. The highest BCUT2D eigenvalue weighted by atomic mass is 35.5. The van der Waals surface area contributed by atoms with Crippen molar-refractivity contribution in [3.8, 4) is 0 Å². The maximum Gasteiger partial charge on any atom is 0.226 e. The predicted molar refractivity (Wildman–Crippen MR) is 67.6 cm³/mol. The van der Waals surface area contributed by atoms with Gasteiger partial charge < -0.3 is 5.32 Å². The third-order valence-electron chi connectivity index (χ3n) is 2.84. The van der Waals surface area contributed by atoms with Gasteiger partial charge in [-0.1, -0.05) is 0 Å². The molecule has 1 rings (SSSR count). The van der Waals surface area contributed by atoms with Gasteiger partial charge in [-0.2, -0.15) is 11.8 Å². The van der Waals surface area contributed by atoms with E-state index in [1.165, 1.54) is 24.3 Å². The van der Waals surface area contributed by atoms with Crippen LogP contribution in [-0.2, 0) is 4.79 Å². The number of thioether (sulfide) groups is 1. The number of carbonyl (C=O) groups excluding carboxylic acids is 1. The van der Waals surface area contributed by atoms with Crippen molar-refractivity contribution in [2.75, 3.05) is 23.9 Å². The van der Waals surface area contributed by atoms with E-state index >= 15 is 0 Å². The minimum atomic E-state index is -0.440. The lowest BCUT2D eigenvalue weighted by Crippen LogP contribution is -2.40. The van der Waals surface area contributed by atoms with Crippen LogP contribution in [0.3, 0.4) is 0 Å². The van der Waals surface area contributed by atoms with Crippen molar-refractivity contribution in [1.82, 2.24) is 5.32 Å². The van der Waals surface area contributed by atoms with E-state index < -0.39 is 5.41 Å². The molecule has 1 aliphatic heterocycles. The van der Waals surface area contributed by atoms with Gasteiger partial charge in [-0.05, 0) is 44.1 Å². The molecule has 1 N–H and O–H groups in total. The average molecular weight is 250 g/mol. The van der Waals surface area contributed by atoms with Crippen LogP contribution in [0.4, 0.5) is 0 Å². The van der Waals surface area contributed by atoms with Crippen LogP contribution < -0.4 is 5.32 Å². The fourth-order valence-corrected chi connectivity index (χ4v) is 2.81. The second-order valence-corrected chi connectivity index (χ2v) is 6.28. The van der Waals surface area contributed by atoms with Gasteiger partial charge in [0, 0.05) is 12.4 Å². The van der Waals surface area contributed by atoms with Crippen molar-refractivity contribution in [2.24, 2.45) is 11.3 Å². The number of alkyl halides is 1. The number of hydrogen-bond donors (Lipinski definition) is 1. The minimum absolute atomic E-state index is 0.0794. The zero-order valence-electron chi connectivity index (χ0n) is 9.51. The molecule has 0 spiro atoms. The van der Waals surface area contributed by atoms with Gasteiger partial charge in [0.2, 0.25) is 5.91 Å². The van der Waals surface area contributed by atoms with Crippen molar-refractivity contribution in [3.05, 3.63) is 0 Å². The minimum Gasteiger partial charge on any atom is -0.355 e. The van der Waals surface area contributed by atoms with E-state index in [0.29, 0.717) is 11.8 Å². The third-order valence-corrected chi connectivity index (χ3v) is 4.56. The standard InChI is InChI=1S/C11H20ClNOS/c1-11(2,8-12)10(14)13-7-9-3-5-15-6-4-9/h9H,3-8H2,1-2H3,(H,13,14). The molecule has 0 aromatic heterocycles. The maximum absolute atomic E-state index is 11.7. The SMILES string of the molecule is CC(C)(CCl)C(=O)NCC1CCSCC1. The van der Waals surface area contributed by atoms with E-state index in [1.807, 2.05) is 25.6 Å². The molecule has 0 unspecified atom stereocenters. The molecule has 2 nitrogen and oxygen atoms in total. The van der Waals surface area contributed by atoms with Gasteiger partial charge in [-0.15, -0.1) is 11.6 Å². The van der Waals surface area contributed by atoms with Crippen LogP contribution in [-0.4, -0.2) is 29.8 Å². The Labute approximate surface area is 102 Å². The van der Waals surface area contributed by atoms with Crippen molar-refractivity contribution in [2.45, 2.75) is 26.7 Å². The molecule has 0 aromatic carbocycles. The highest BCUT2D eigenvalue weighted by Crippen LogP contribution is 2.22. The lowest BCUT2D eigenvalue weighted by molar-refractivity contribution is -0.128. The van der Waals surface area contributed by atoms with Crippen molar-refractivity contribution < 1.29 is 4.79 Å². The van der Waals surface area contributed by atoms with E-state index in [2.05, 4.69) is 5.32 Å². The number of carbonyl (C=O) groups is 1. The summed E-state index contributed by atoms with van der Waals surface area (Å²) in [6, 6.07) is 0. The van der Waals surface area contributed by atoms with Gasteiger partial charge in [0.05, 0.1) is 5.41 Å². The average Bonchev–Trinajstić information content (AvgIpc) is 2.27. The van der Waals surface area contributed by atoms with Gasteiger partial charge in [0.25, 0.3) is 0 Å². The number of rotatable bonds is 4. The first-order valence-electron chi connectivity index (χ1n) is 5.48. The Bertz CT molecular complexity index is 215. The Morgan fingerprint density at radius 1 is 1.47 bits per heavy atom. The molecule has 0 radical (unpaired) electrons. The van der Waals surface area contributed by atoms with Crippen LogP contribution in [0.5, 0.6) is 0 Å². The van der Waals surface area contributed by atoms with E-state index in [9.17, 15) is 4.79 Å². The Kier molecular flexibility index (Phi) is 5.27. The molecule has 1 aliphatic rings. The van der Waals surface area contributed by atoms with E-state index in [1.54, 1.807) is 0 Å². The monoisotopic (exact) mass is 249 g/mol. The Hall–Kier alpha value is 0.110. The largest absolute Gasteiger partial charge is 0.355 e. The predicted octanol–water partition coefficient (Wildman–Crippen LogP) is 2.51. The Balaban J connectivity index is 2.26. The first-order chi connectivity index (χ1) is 7.06. The van der Waals surface area contributed by atoms with Crippen LogP contribution in [0.25, 0.3) is 0 Å². The van der Waals surface area contributed by atoms with Crippen LogP contribution >= 0.6 is 23.4 Å². The number of halogens is 1. The summed E-state index contributed by atoms with van der Waals surface area (Å²) in [5.74, 6) is 3.59. The molecule has 0 aromatic rings. The van der Waals surface area contributed by atoms with Crippen molar-refractivity contribution in [1.29, 1.82) is 0 Å². The number of nitrogens with one attached hydrogen (secondary N) is 1. The zero-order chi connectivity index (χ0) is 11.3. The first-order valence-corrected chi connectivity index (χ1v) is 7.17. The summed E-state index contributed by atoms with van der Waals surface area (Å²) in [7, 11) is 0. The van der Waals surface area contributed by atoms with Crippen LogP contribution in [0.2, 0.25) is 0 Å². The molecular formula is C11H20ClNOS. The number of hydrogen-bond acceptors (Lipinski definition) is 2. The first kappa shape index (κ1) is 13.2. The Morgan fingerprint density at radius 3 is 2.60 bits per heavy atom. The highest BCUT2D eigenvalue weighted by Gasteiger charge is 2.26.